The lowest BCUT2D eigenvalue weighted by molar-refractivity contribution is 0.499. The van der Waals surface area contributed by atoms with Crippen molar-refractivity contribution in [3.63, 3.8) is 0 Å². The average molecular weight is 288 g/mol. The maximum Gasteiger partial charge on any atom is 0.133 e. The number of anilines is 2. The van der Waals surface area contributed by atoms with Crippen LogP contribution in [0.3, 0.4) is 0 Å². The zero-order valence-corrected chi connectivity index (χ0v) is 13.4. The van der Waals surface area contributed by atoms with Crippen LogP contribution in [0.1, 0.15) is 49.2 Å². The van der Waals surface area contributed by atoms with Gasteiger partial charge in [0.1, 0.15) is 29.0 Å². The first kappa shape index (κ1) is 15.4. The van der Waals surface area contributed by atoms with Gasteiger partial charge < -0.3 is 15.1 Å². The van der Waals surface area contributed by atoms with Gasteiger partial charge in [-0.05, 0) is 33.3 Å². The quantitative estimate of drug-likeness (QED) is 0.845. The fraction of sp³-hybridized carbons (Fsp3) is 0.500. The molecule has 2 rings (SSSR count). The van der Waals surface area contributed by atoms with Crippen LogP contribution in [0.5, 0.6) is 0 Å². The van der Waals surface area contributed by atoms with Crippen molar-refractivity contribution in [2.75, 3.05) is 17.7 Å². The van der Waals surface area contributed by atoms with Crippen LogP contribution in [0.25, 0.3) is 0 Å². The number of aromatic nitrogens is 2. The van der Waals surface area contributed by atoms with Gasteiger partial charge in [0, 0.05) is 25.1 Å². The Bertz CT molecular complexity index is 606. The lowest BCUT2D eigenvalue weighted by Crippen LogP contribution is -2.11. The molecule has 0 aliphatic carbocycles. The number of hydrogen-bond donors (Lipinski definition) is 2. The summed E-state index contributed by atoms with van der Waals surface area (Å²) in [7, 11) is 1.87. The number of hydrogen-bond acceptors (Lipinski definition) is 5. The molecular weight excluding hydrogens is 264 g/mol. The van der Waals surface area contributed by atoms with Crippen molar-refractivity contribution in [2.45, 2.75) is 46.6 Å². The molecule has 5 nitrogen and oxygen atoms in total. The van der Waals surface area contributed by atoms with E-state index < -0.39 is 0 Å². The number of nitrogens with one attached hydrogen (secondary N) is 2. The molecule has 0 aliphatic rings. The molecular formula is C16H24N4O. The molecule has 5 heteroatoms. The Morgan fingerprint density at radius 2 is 1.90 bits per heavy atom. The van der Waals surface area contributed by atoms with Gasteiger partial charge in [-0.2, -0.15) is 0 Å². The predicted molar refractivity (Wildman–Crippen MR) is 85.8 cm³/mol. The third-order valence-electron chi connectivity index (χ3n) is 3.41. The van der Waals surface area contributed by atoms with Crippen molar-refractivity contribution < 1.29 is 4.42 Å². The Labute approximate surface area is 126 Å². The van der Waals surface area contributed by atoms with E-state index in [-0.39, 0.29) is 6.04 Å². The summed E-state index contributed by atoms with van der Waals surface area (Å²) in [5.74, 6) is 4.41. The van der Waals surface area contributed by atoms with Gasteiger partial charge >= 0.3 is 0 Å². The van der Waals surface area contributed by atoms with Crippen molar-refractivity contribution >= 4 is 11.6 Å². The van der Waals surface area contributed by atoms with E-state index in [9.17, 15) is 0 Å². The molecule has 114 valence electrons. The third-order valence-corrected chi connectivity index (χ3v) is 3.41. The normalized spacial score (nSPS) is 12.2. The van der Waals surface area contributed by atoms with Gasteiger partial charge in [0.2, 0.25) is 0 Å². The van der Waals surface area contributed by atoms with E-state index in [1.54, 1.807) is 0 Å². The van der Waals surface area contributed by atoms with E-state index in [0.29, 0.717) is 0 Å². The fourth-order valence-corrected chi connectivity index (χ4v) is 2.41. The second-order valence-corrected chi connectivity index (χ2v) is 5.29. The highest BCUT2D eigenvalue weighted by atomic mass is 16.3. The highest BCUT2D eigenvalue weighted by Gasteiger charge is 2.14. The minimum absolute atomic E-state index is 0.136. The van der Waals surface area contributed by atoms with E-state index in [0.717, 1.165) is 47.4 Å². The molecule has 0 saturated carbocycles. The Hall–Kier alpha value is -2.04. The Kier molecular flexibility index (Phi) is 4.83. The van der Waals surface area contributed by atoms with Crippen LogP contribution in [0, 0.1) is 13.8 Å². The summed E-state index contributed by atoms with van der Waals surface area (Å²) in [5, 5.41) is 6.52. The van der Waals surface area contributed by atoms with Crippen molar-refractivity contribution in [2.24, 2.45) is 0 Å². The standard InChI is InChI=1S/C16H24N4O/c1-6-7-14-19-15(17-5)9-16(20-14)18-11(3)13-8-10(2)21-12(13)4/h8-9,11H,6-7H2,1-5H3,(H2,17,18,19,20). The first-order valence-corrected chi connectivity index (χ1v) is 7.42. The van der Waals surface area contributed by atoms with Gasteiger partial charge in [0.05, 0.1) is 6.04 Å². The lowest BCUT2D eigenvalue weighted by Gasteiger charge is -2.15. The van der Waals surface area contributed by atoms with Gasteiger partial charge in [0.25, 0.3) is 0 Å². The van der Waals surface area contributed by atoms with Gasteiger partial charge in [-0.1, -0.05) is 6.92 Å². The maximum absolute atomic E-state index is 5.60. The summed E-state index contributed by atoms with van der Waals surface area (Å²) in [6.45, 7) is 8.19. The maximum atomic E-state index is 5.60. The monoisotopic (exact) mass is 288 g/mol. The molecule has 0 aliphatic heterocycles. The van der Waals surface area contributed by atoms with Crippen molar-refractivity contribution in [3.8, 4) is 0 Å². The van der Waals surface area contributed by atoms with Crippen LogP contribution in [0.15, 0.2) is 16.5 Å². The average Bonchev–Trinajstić information content (AvgIpc) is 2.78. The minimum Gasteiger partial charge on any atom is -0.466 e. The van der Waals surface area contributed by atoms with Gasteiger partial charge in [0.15, 0.2) is 0 Å². The molecule has 0 bridgehead atoms. The molecule has 0 spiro atoms. The molecule has 21 heavy (non-hydrogen) atoms. The minimum atomic E-state index is 0.136. The van der Waals surface area contributed by atoms with E-state index >= 15 is 0 Å². The van der Waals surface area contributed by atoms with E-state index in [4.69, 9.17) is 4.42 Å². The molecule has 0 fully saturated rings. The number of aryl methyl sites for hydroxylation is 3. The predicted octanol–water partition coefficient (Wildman–Crippen LogP) is 3.85. The molecule has 2 aromatic rings. The first-order valence-electron chi connectivity index (χ1n) is 7.42. The SMILES string of the molecule is CCCc1nc(NC)cc(NC(C)c2cc(C)oc2C)n1. The Morgan fingerprint density at radius 3 is 2.48 bits per heavy atom. The fourth-order valence-electron chi connectivity index (χ4n) is 2.41. The van der Waals surface area contributed by atoms with Crippen LogP contribution >= 0.6 is 0 Å². The van der Waals surface area contributed by atoms with Crippen LogP contribution in [0.4, 0.5) is 11.6 Å². The van der Waals surface area contributed by atoms with Crippen LogP contribution < -0.4 is 10.6 Å². The molecule has 0 saturated heterocycles. The van der Waals surface area contributed by atoms with Gasteiger partial charge in [-0.3, -0.25) is 0 Å². The van der Waals surface area contributed by atoms with Crippen molar-refractivity contribution in [3.05, 3.63) is 35.0 Å². The second kappa shape index (κ2) is 6.61. The summed E-state index contributed by atoms with van der Waals surface area (Å²) in [4.78, 5) is 9.04. The molecule has 2 heterocycles. The zero-order chi connectivity index (χ0) is 15.4. The Morgan fingerprint density at radius 1 is 1.19 bits per heavy atom. The Balaban J connectivity index is 2.21. The smallest absolute Gasteiger partial charge is 0.133 e. The highest BCUT2D eigenvalue weighted by Crippen LogP contribution is 2.25. The molecule has 1 unspecified atom stereocenters. The molecule has 1 atom stereocenters. The van der Waals surface area contributed by atoms with E-state index in [1.807, 2.05) is 27.0 Å². The van der Waals surface area contributed by atoms with E-state index in [1.165, 1.54) is 0 Å². The summed E-state index contributed by atoms with van der Waals surface area (Å²) in [6.07, 6.45) is 1.91. The van der Waals surface area contributed by atoms with Crippen LogP contribution in [0.2, 0.25) is 0 Å². The van der Waals surface area contributed by atoms with Crippen LogP contribution in [-0.4, -0.2) is 17.0 Å². The number of nitrogens with zero attached hydrogens (tertiary/aromatic N) is 2. The topological polar surface area (TPSA) is 63.0 Å². The number of rotatable bonds is 6. The van der Waals surface area contributed by atoms with Crippen molar-refractivity contribution in [1.29, 1.82) is 0 Å². The summed E-state index contributed by atoms with van der Waals surface area (Å²) >= 11 is 0. The van der Waals surface area contributed by atoms with E-state index in [2.05, 4.69) is 40.5 Å². The molecule has 0 aromatic carbocycles. The zero-order valence-electron chi connectivity index (χ0n) is 13.4. The molecule has 0 radical (unpaired) electrons. The summed E-state index contributed by atoms with van der Waals surface area (Å²) in [5.41, 5.74) is 1.16. The highest BCUT2D eigenvalue weighted by molar-refractivity contribution is 5.48. The molecule has 0 amide bonds. The van der Waals surface area contributed by atoms with Gasteiger partial charge in [-0.15, -0.1) is 0 Å². The molecule has 2 aromatic heterocycles. The van der Waals surface area contributed by atoms with Crippen LogP contribution in [-0.2, 0) is 6.42 Å². The molecule has 2 N–H and O–H groups in total. The largest absolute Gasteiger partial charge is 0.466 e. The first-order chi connectivity index (χ1) is 10.0. The van der Waals surface area contributed by atoms with Crippen molar-refractivity contribution in [1.82, 2.24) is 9.97 Å². The van der Waals surface area contributed by atoms with Gasteiger partial charge in [-0.25, -0.2) is 9.97 Å². The second-order valence-electron chi connectivity index (χ2n) is 5.29. The summed E-state index contributed by atoms with van der Waals surface area (Å²) < 4.78 is 5.60. The lowest BCUT2D eigenvalue weighted by atomic mass is 10.1. The third kappa shape index (κ3) is 3.74. The summed E-state index contributed by atoms with van der Waals surface area (Å²) in [6, 6.07) is 4.13. The number of furan rings is 1.